The van der Waals surface area contributed by atoms with Crippen molar-refractivity contribution in [2.45, 2.75) is 24.9 Å². The minimum Gasteiger partial charge on any atom is -0.480 e. The van der Waals surface area contributed by atoms with Gasteiger partial charge in [-0.1, -0.05) is 30.3 Å². The number of rotatable bonds is 6. The zero-order valence-corrected chi connectivity index (χ0v) is 11.6. The van der Waals surface area contributed by atoms with E-state index in [1.165, 1.54) is 0 Å². The van der Waals surface area contributed by atoms with Crippen LogP contribution in [0.15, 0.2) is 30.3 Å². The van der Waals surface area contributed by atoms with Crippen LogP contribution in [0.2, 0.25) is 0 Å². The van der Waals surface area contributed by atoms with E-state index in [0.717, 1.165) is 5.56 Å². The summed E-state index contributed by atoms with van der Waals surface area (Å²) in [5, 5.41) is 9.68. The first-order valence-corrected chi connectivity index (χ1v) is 6.15. The summed E-state index contributed by atoms with van der Waals surface area (Å²) in [4.78, 5) is 16.1. The maximum absolute atomic E-state index is 11.8. The summed E-state index contributed by atoms with van der Waals surface area (Å²) in [6, 6.07) is 9.09. The molecule has 0 aliphatic carbocycles. The maximum atomic E-state index is 11.8. The molecule has 0 fully saturated rings. The number of carboxylic acid groups (broad SMARTS) is 1. The summed E-state index contributed by atoms with van der Waals surface area (Å²) in [5.41, 5.74) is -0.330. The van der Waals surface area contributed by atoms with E-state index in [1.54, 1.807) is 19.0 Å². The fraction of sp³-hybridized carbons (Fsp3) is 0.462. The Balaban J connectivity index is 3.27. The summed E-state index contributed by atoms with van der Waals surface area (Å²) in [5.74, 6) is -0.877. The molecule has 0 aromatic heterocycles. The Morgan fingerprint density at radius 1 is 1.44 bits per heavy atom. The summed E-state index contributed by atoms with van der Waals surface area (Å²) in [7, 11) is 3.53. The van der Waals surface area contributed by atoms with Gasteiger partial charge in [0.1, 0.15) is 5.54 Å². The van der Waals surface area contributed by atoms with Crippen LogP contribution in [-0.2, 0) is 10.3 Å². The highest BCUT2D eigenvalue weighted by atomic mass is 35.5. The number of hydrogen-bond acceptors (Lipinski definition) is 3. The molecular weight excluding hydrogens is 252 g/mol. The molecule has 2 unspecified atom stereocenters. The van der Waals surface area contributed by atoms with Crippen LogP contribution in [0.4, 0.5) is 0 Å². The van der Waals surface area contributed by atoms with E-state index < -0.39 is 11.5 Å². The van der Waals surface area contributed by atoms with Crippen molar-refractivity contribution < 1.29 is 9.90 Å². The number of hydrogen-bond donors (Lipinski definition) is 2. The second-order valence-electron chi connectivity index (χ2n) is 4.64. The van der Waals surface area contributed by atoms with Crippen molar-refractivity contribution in [1.82, 2.24) is 9.74 Å². The average Bonchev–Trinajstić information content (AvgIpc) is 2.35. The van der Waals surface area contributed by atoms with E-state index in [-0.39, 0.29) is 6.04 Å². The lowest BCUT2D eigenvalue weighted by atomic mass is 9.83. The number of nitrogens with zero attached hydrogens (tertiary/aromatic N) is 1. The summed E-state index contributed by atoms with van der Waals surface area (Å²) in [6.45, 7) is 1.86. The van der Waals surface area contributed by atoms with E-state index in [0.29, 0.717) is 6.42 Å². The lowest BCUT2D eigenvalue weighted by molar-refractivity contribution is -0.151. The third-order valence-corrected chi connectivity index (χ3v) is 3.53. The molecule has 0 radical (unpaired) electrons. The molecule has 0 amide bonds. The van der Waals surface area contributed by atoms with Gasteiger partial charge in [-0.3, -0.25) is 4.90 Å². The van der Waals surface area contributed by atoms with E-state index >= 15 is 0 Å². The monoisotopic (exact) mass is 270 g/mol. The molecule has 0 heterocycles. The number of aliphatic carboxylic acids is 1. The predicted molar refractivity (Wildman–Crippen MR) is 72.5 cm³/mol. The number of likely N-dealkylation sites (N-methyl/N-ethyl adjacent to an activating group) is 1. The average molecular weight is 271 g/mol. The predicted octanol–water partition coefficient (Wildman–Crippen LogP) is 2.05. The van der Waals surface area contributed by atoms with E-state index in [4.69, 9.17) is 11.8 Å². The fourth-order valence-electron chi connectivity index (χ4n) is 2.16. The van der Waals surface area contributed by atoms with Gasteiger partial charge in [0.25, 0.3) is 0 Å². The molecule has 2 N–H and O–H groups in total. The Hall–Kier alpha value is -1.10. The highest BCUT2D eigenvalue weighted by Crippen LogP contribution is 2.32. The van der Waals surface area contributed by atoms with Gasteiger partial charge in [0.2, 0.25) is 0 Å². The number of nitrogens with one attached hydrogen (secondary N) is 1. The Labute approximate surface area is 113 Å². The van der Waals surface area contributed by atoms with Gasteiger partial charge >= 0.3 is 5.97 Å². The molecule has 0 saturated carbocycles. The van der Waals surface area contributed by atoms with Crippen molar-refractivity contribution in [1.29, 1.82) is 0 Å². The molecule has 0 spiro atoms. The fourth-order valence-corrected chi connectivity index (χ4v) is 2.23. The Morgan fingerprint density at radius 3 is 2.39 bits per heavy atom. The minimum atomic E-state index is -1.08. The van der Waals surface area contributed by atoms with Gasteiger partial charge < -0.3 is 5.11 Å². The Morgan fingerprint density at radius 2 is 2.00 bits per heavy atom. The number of carbonyl (C=O) groups is 1. The molecular formula is C13H19ClN2O2. The van der Waals surface area contributed by atoms with Gasteiger partial charge in [0.05, 0.1) is 0 Å². The second kappa shape index (κ2) is 6.18. The zero-order valence-electron chi connectivity index (χ0n) is 10.9. The van der Waals surface area contributed by atoms with Crippen LogP contribution in [0.5, 0.6) is 0 Å². The largest absolute Gasteiger partial charge is 0.480 e. The second-order valence-corrected chi connectivity index (χ2v) is 4.86. The van der Waals surface area contributed by atoms with Crippen LogP contribution in [0.1, 0.15) is 18.9 Å². The van der Waals surface area contributed by atoms with E-state index in [1.807, 2.05) is 37.3 Å². The molecule has 18 heavy (non-hydrogen) atoms. The van der Waals surface area contributed by atoms with Crippen molar-refractivity contribution in [3.05, 3.63) is 35.9 Å². The molecule has 1 aromatic carbocycles. The van der Waals surface area contributed by atoms with Gasteiger partial charge in [-0.05, 0) is 44.8 Å². The van der Waals surface area contributed by atoms with Crippen molar-refractivity contribution in [2.24, 2.45) is 0 Å². The van der Waals surface area contributed by atoms with Crippen LogP contribution in [0, 0.1) is 0 Å². The number of carboxylic acids is 1. The van der Waals surface area contributed by atoms with Gasteiger partial charge in [0, 0.05) is 6.04 Å². The topological polar surface area (TPSA) is 52.6 Å². The summed E-state index contributed by atoms with van der Waals surface area (Å²) >= 11 is 5.59. The van der Waals surface area contributed by atoms with Gasteiger partial charge in [0.15, 0.2) is 0 Å². The minimum absolute atomic E-state index is 0.120. The van der Waals surface area contributed by atoms with Crippen LogP contribution >= 0.6 is 11.8 Å². The molecule has 4 nitrogen and oxygen atoms in total. The standard InChI is InChI=1S/C13H19ClN2O2/c1-10(15-14)9-13(12(17)18,16(2)3)11-7-5-4-6-8-11/h4-8,10,15H,9H2,1-3H3,(H,17,18). The third kappa shape index (κ3) is 2.83. The molecule has 5 heteroatoms. The maximum Gasteiger partial charge on any atom is 0.328 e. The lowest BCUT2D eigenvalue weighted by Gasteiger charge is -2.38. The van der Waals surface area contributed by atoms with Gasteiger partial charge in [-0.25, -0.2) is 9.63 Å². The molecule has 0 bridgehead atoms. The molecule has 100 valence electrons. The van der Waals surface area contributed by atoms with Crippen LogP contribution in [0.3, 0.4) is 0 Å². The Bertz CT molecular complexity index is 397. The molecule has 0 aliphatic heterocycles. The number of benzene rings is 1. The van der Waals surface area contributed by atoms with E-state index in [2.05, 4.69) is 4.84 Å². The SMILES string of the molecule is CC(CC(C(=O)O)(c1ccccc1)N(C)C)NCl. The molecule has 0 saturated heterocycles. The first-order valence-electron chi connectivity index (χ1n) is 5.77. The first kappa shape index (κ1) is 15.0. The lowest BCUT2D eigenvalue weighted by Crippen LogP contribution is -2.51. The summed E-state index contributed by atoms with van der Waals surface area (Å²) in [6.07, 6.45) is 0.378. The van der Waals surface area contributed by atoms with Crippen LogP contribution < -0.4 is 4.84 Å². The Kier molecular flexibility index (Phi) is 5.14. The van der Waals surface area contributed by atoms with Gasteiger partial charge in [-0.15, -0.1) is 0 Å². The highest BCUT2D eigenvalue weighted by Gasteiger charge is 2.43. The highest BCUT2D eigenvalue weighted by molar-refractivity contribution is 6.13. The van der Waals surface area contributed by atoms with Gasteiger partial charge in [-0.2, -0.15) is 0 Å². The normalized spacial score (nSPS) is 16.3. The van der Waals surface area contributed by atoms with Crippen LogP contribution in [0.25, 0.3) is 0 Å². The van der Waals surface area contributed by atoms with Crippen molar-refractivity contribution >= 4 is 17.7 Å². The smallest absolute Gasteiger partial charge is 0.328 e. The van der Waals surface area contributed by atoms with Crippen molar-refractivity contribution in [2.75, 3.05) is 14.1 Å². The summed E-state index contributed by atoms with van der Waals surface area (Å²) < 4.78 is 0. The molecule has 2 atom stereocenters. The van der Waals surface area contributed by atoms with E-state index in [9.17, 15) is 9.90 Å². The molecule has 0 aliphatic rings. The molecule has 1 aromatic rings. The third-order valence-electron chi connectivity index (χ3n) is 3.16. The first-order chi connectivity index (χ1) is 8.45. The van der Waals surface area contributed by atoms with Crippen molar-refractivity contribution in [3.8, 4) is 0 Å². The van der Waals surface area contributed by atoms with Crippen LogP contribution in [-0.4, -0.2) is 36.1 Å². The molecule has 1 rings (SSSR count). The van der Waals surface area contributed by atoms with Crippen molar-refractivity contribution in [3.63, 3.8) is 0 Å². The zero-order chi connectivity index (χ0) is 13.8. The number of halogens is 1. The quantitative estimate of drug-likeness (QED) is 0.777.